The first kappa shape index (κ1) is 13.7. The lowest BCUT2D eigenvalue weighted by atomic mass is 10.0. The van der Waals surface area contributed by atoms with Crippen LogP contribution in [-0.4, -0.2) is 9.97 Å². The van der Waals surface area contributed by atoms with E-state index in [1.165, 1.54) is 12.1 Å². The fraction of sp³-hybridized carbons (Fsp3) is 0.286. The summed E-state index contributed by atoms with van der Waals surface area (Å²) >= 11 is 5.83. The van der Waals surface area contributed by atoms with Gasteiger partial charge in [-0.3, -0.25) is 0 Å². The van der Waals surface area contributed by atoms with E-state index in [2.05, 4.69) is 9.97 Å². The number of aryl methyl sites for hydroxylation is 1. The molecule has 0 bridgehead atoms. The molecule has 0 radical (unpaired) electrons. The van der Waals surface area contributed by atoms with E-state index < -0.39 is 5.82 Å². The summed E-state index contributed by atoms with van der Waals surface area (Å²) in [5.74, 6) is 0.638. The molecule has 0 fully saturated rings. The highest BCUT2D eigenvalue weighted by Crippen LogP contribution is 2.27. The Balaban J connectivity index is 2.58. The molecular weight excluding hydrogens is 265 g/mol. The van der Waals surface area contributed by atoms with Crippen molar-refractivity contribution in [3.63, 3.8) is 0 Å². The van der Waals surface area contributed by atoms with Crippen molar-refractivity contribution in [1.29, 1.82) is 0 Å². The summed E-state index contributed by atoms with van der Waals surface area (Å²) in [5, 5.41) is 0.308. The van der Waals surface area contributed by atoms with Crippen molar-refractivity contribution in [3.05, 3.63) is 40.3 Å². The van der Waals surface area contributed by atoms with Gasteiger partial charge in [0.2, 0.25) is 0 Å². The molecule has 19 heavy (non-hydrogen) atoms. The van der Waals surface area contributed by atoms with Crippen molar-refractivity contribution >= 4 is 17.4 Å². The Morgan fingerprint density at radius 1 is 1.21 bits per heavy atom. The fourth-order valence-corrected chi connectivity index (χ4v) is 2.35. The van der Waals surface area contributed by atoms with Gasteiger partial charge in [-0.25, -0.2) is 14.4 Å². The van der Waals surface area contributed by atoms with Crippen molar-refractivity contribution in [2.45, 2.75) is 26.7 Å². The van der Waals surface area contributed by atoms with Crippen LogP contribution in [0.25, 0.3) is 11.4 Å². The fourth-order valence-electron chi connectivity index (χ4n) is 2.13. The SMILES string of the molecule is Cc1nc(-c2cc(F)cc(Cl)c2)nc(N)c1C(C)C. The van der Waals surface area contributed by atoms with E-state index in [-0.39, 0.29) is 5.92 Å². The van der Waals surface area contributed by atoms with Crippen LogP contribution in [0.1, 0.15) is 31.0 Å². The molecule has 0 aliphatic rings. The standard InChI is InChI=1S/C14H15ClFN3/c1-7(2)12-8(3)18-14(19-13(12)17)9-4-10(15)6-11(16)5-9/h4-7H,1-3H3,(H2,17,18,19). The minimum atomic E-state index is -0.421. The van der Waals surface area contributed by atoms with Crippen molar-refractivity contribution < 1.29 is 4.39 Å². The number of hydrogen-bond donors (Lipinski definition) is 1. The zero-order valence-electron chi connectivity index (χ0n) is 11.0. The monoisotopic (exact) mass is 279 g/mol. The molecule has 1 aromatic heterocycles. The Hall–Kier alpha value is -1.68. The number of nitrogen functional groups attached to an aromatic ring is 1. The molecular formula is C14H15ClFN3. The second-order valence-corrected chi connectivity index (χ2v) is 5.18. The molecule has 0 amide bonds. The van der Waals surface area contributed by atoms with Crippen LogP contribution in [0.15, 0.2) is 18.2 Å². The van der Waals surface area contributed by atoms with Crippen LogP contribution in [0.3, 0.4) is 0 Å². The number of nitrogens with zero attached hydrogens (tertiary/aromatic N) is 2. The largest absolute Gasteiger partial charge is 0.383 e. The second kappa shape index (κ2) is 5.13. The molecule has 0 atom stereocenters. The van der Waals surface area contributed by atoms with E-state index in [0.29, 0.717) is 22.2 Å². The number of nitrogens with two attached hydrogens (primary N) is 1. The Kier molecular flexibility index (Phi) is 3.71. The molecule has 5 heteroatoms. The maximum atomic E-state index is 13.4. The van der Waals surface area contributed by atoms with Gasteiger partial charge in [0.05, 0.1) is 0 Å². The van der Waals surface area contributed by atoms with Gasteiger partial charge in [0.1, 0.15) is 11.6 Å². The summed E-state index contributed by atoms with van der Waals surface area (Å²) in [6.07, 6.45) is 0. The third-order valence-corrected chi connectivity index (χ3v) is 3.08. The molecule has 100 valence electrons. The highest BCUT2D eigenvalue weighted by Gasteiger charge is 2.14. The molecule has 2 rings (SSSR count). The van der Waals surface area contributed by atoms with E-state index in [1.54, 1.807) is 6.07 Å². The van der Waals surface area contributed by atoms with E-state index in [0.717, 1.165) is 11.3 Å². The maximum absolute atomic E-state index is 13.4. The predicted molar refractivity (Wildman–Crippen MR) is 75.7 cm³/mol. The van der Waals surface area contributed by atoms with Gasteiger partial charge in [-0.1, -0.05) is 25.4 Å². The van der Waals surface area contributed by atoms with Gasteiger partial charge in [0.25, 0.3) is 0 Å². The minimum Gasteiger partial charge on any atom is -0.383 e. The summed E-state index contributed by atoms with van der Waals surface area (Å²) in [6.45, 7) is 5.93. The first-order valence-electron chi connectivity index (χ1n) is 5.99. The molecule has 0 saturated heterocycles. The van der Waals surface area contributed by atoms with Crippen LogP contribution in [-0.2, 0) is 0 Å². The summed E-state index contributed by atoms with van der Waals surface area (Å²) < 4.78 is 13.4. The lowest BCUT2D eigenvalue weighted by Gasteiger charge is -2.13. The van der Waals surface area contributed by atoms with Crippen LogP contribution in [0, 0.1) is 12.7 Å². The molecule has 0 spiro atoms. The highest BCUT2D eigenvalue weighted by atomic mass is 35.5. The summed E-state index contributed by atoms with van der Waals surface area (Å²) in [7, 11) is 0. The Bertz CT molecular complexity index is 583. The second-order valence-electron chi connectivity index (χ2n) is 4.74. The lowest BCUT2D eigenvalue weighted by molar-refractivity contribution is 0.628. The molecule has 0 aliphatic carbocycles. The quantitative estimate of drug-likeness (QED) is 0.905. The van der Waals surface area contributed by atoms with Gasteiger partial charge in [-0.15, -0.1) is 0 Å². The molecule has 1 aromatic carbocycles. The third kappa shape index (κ3) is 2.84. The van der Waals surface area contributed by atoms with E-state index >= 15 is 0 Å². The van der Waals surface area contributed by atoms with Gasteiger partial charge in [0.15, 0.2) is 5.82 Å². The van der Waals surface area contributed by atoms with Crippen LogP contribution in [0.2, 0.25) is 5.02 Å². The molecule has 0 unspecified atom stereocenters. The zero-order chi connectivity index (χ0) is 14.2. The Labute approximate surface area is 116 Å². The van der Waals surface area contributed by atoms with Gasteiger partial charge < -0.3 is 5.73 Å². The number of aromatic nitrogens is 2. The minimum absolute atomic E-state index is 0.241. The van der Waals surface area contributed by atoms with Crippen LogP contribution in [0.5, 0.6) is 0 Å². The van der Waals surface area contributed by atoms with Gasteiger partial charge in [-0.05, 0) is 31.0 Å². The van der Waals surface area contributed by atoms with Gasteiger partial charge in [-0.2, -0.15) is 0 Å². The smallest absolute Gasteiger partial charge is 0.161 e. The number of halogens is 2. The third-order valence-electron chi connectivity index (χ3n) is 2.86. The average Bonchev–Trinajstić information content (AvgIpc) is 2.25. The Morgan fingerprint density at radius 2 is 1.89 bits per heavy atom. The van der Waals surface area contributed by atoms with Crippen molar-refractivity contribution in [2.24, 2.45) is 0 Å². The topological polar surface area (TPSA) is 51.8 Å². The summed E-state index contributed by atoms with van der Waals surface area (Å²) in [5.41, 5.74) is 8.21. The average molecular weight is 280 g/mol. The highest BCUT2D eigenvalue weighted by molar-refractivity contribution is 6.30. The predicted octanol–water partition coefficient (Wildman–Crippen LogP) is 3.95. The number of anilines is 1. The number of hydrogen-bond acceptors (Lipinski definition) is 3. The zero-order valence-corrected chi connectivity index (χ0v) is 11.8. The maximum Gasteiger partial charge on any atom is 0.161 e. The lowest BCUT2D eigenvalue weighted by Crippen LogP contribution is -2.06. The van der Waals surface area contributed by atoms with Gasteiger partial charge >= 0.3 is 0 Å². The molecule has 2 aromatic rings. The molecule has 0 aliphatic heterocycles. The first-order chi connectivity index (χ1) is 8.88. The van der Waals surface area contributed by atoms with Gasteiger partial charge in [0, 0.05) is 21.8 Å². The van der Waals surface area contributed by atoms with Crippen molar-refractivity contribution in [2.75, 3.05) is 5.73 Å². The van der Waals surface area contributed by atoms with E-state index in [4.69, 9.17) is 17.3 Å². The summed E-state index contributed by atoms with van der Waals surface area (Å²) in [6, 6.07) is 4.20. The van der Waals surface area contributed by atoms with Crippen LogP contribution in [0.4, 0.5) is 10.2 Å². The van der Waals surface area contributed by atoms with Crippen molar-refractivity contribution in [1.82, 2.24) is 9.97 Å². The normalized spacial score (nSPS) is 11.1. The first-order valence-corrected chi connectivity index (χ1v) is 6.36. The molecule has 3 nitrogen and oxygen atoms in total. The number of rotatable bonds is 2. The van der Waals surface area contributed by atoms with Crippen molar-refractivity contribution in [3.8, 4) is 11.4 Å². The van der Waals surface area contributed by atoms with Crippen LogP contribution >= 0.6 is 11.6 Å². The van der Waals surface area contributed by atoms with E-state index in [1.807, 2.05) is 20.8 Å². The number of benzene rings is 1. The summed E-state index contributed by atoms with van der Waals surface area (Å²) in [4.78, 5) is 8.64. The Morgan fingerprint density at radius 3 is 2.42 bits per heavy atom. The van der Waals surface area contributed by atoms with Crippen LogP contribution < -0.4 is 5.73 Å². The van der Waals surface area contributed by atoms with E-state index in [9.17, 15) is 4.39 Å². The molecule has 1 heterocycles. The molecule has 0 saturated carbocycles. The molecule has 2 N–H and O–H groups in total.